The Kier molecular flexibility index (Phi) is 6.96. The molecule has 1 aromatic rings. The first kappa shape index (κ1) is 21.9. The summed E-state index contributed by atoms with van der Waals surface area (Å²) >= 11 is 12.2. The summed E-state index contributed by atoms with van der Waals surface area (Å²) in [7, 11) is -1.88. The second kappa shape index (κ2) is 8.90. The molecule has 1 aromatic carbocycles. The van der Waals surface area contributed by atoms with Crippen LogP contribution in [-0.2, 0) is 14.8 Å². The minimum absolute atomic E-state index is 0.0449. The zero-order valence-electron chi connectivity index (χ0n) is 16.4. The summed E-state index contributed by atoms with van der Waals surface area (Å²) in [4.78, 5) is 14.8. The Labute approximate surface area is 178 Å². The molecule has 0 radical (unpaired) electrons. The average molecular weight is 447 g/mol. The molecule has 0 N–H and O–H groups in total. The van der Waals surface area contributed by atoms with Gasteiger partial charge in [0.1, 0.15) is 4.90 Å². The van der Waals surface area contributed by atoms with E-state index in [4.69, 9.17) is 23.2 Å². The SMILES string of the molecule is CC1CCC(N(C)C(=O)C2CCN(S(=O)(=O)c3c(Cl)cccc3Cl)CC2)CC1. The van der Waals surface area contributed by atoms with Crippen LogP contribution in [0.1, 0.15) is 45.4 Å². The molecule has 1 aliphatic carbocycles. The topological polar surface area (TPSA) is 57.7 Å². The average Bonchev–Trinajstić information content (AvgIpc) is 2.67. The van der Waals surface area contributed by atoms with Crippen LogP contribution in [-0.4, -0.2) is 49.7 Å². The molecule has 1 amide bonds. The standard InChI is InChI=1S/C20H28Cl2N2O3S/c1-14-6-8-16(9-7-14)23(2)20(25)15-10-12-24(13-11-15)28(26,27)19-17(21)4-3-5-18(19)22/h3-5,14-16H,6-13H2,1-2H3. The molecule has 0 bridgehead atoms. The fourth-order valence-electron chi connectivity index (χ4n) is 4.30. The Morgan fingerprint density at radius 3 is 2.11 bits per heavy atom. The minimum atomic E-state index is -3.77. The number of benzene rings is 1. The summed E-state index contributed by atoms with van der Waals surface area (Å²) in [6.45, 7) is 2.87. The van der Waals surface area contributed by atoms with E-state index in [2.05, 4.69) is 6.92 Å². The molecule has 0 spiro atoms. The third-order valence-electron chi connectivity index (χ3n) is 6.20. The molecule has 1 aliphatic heterocycles. The molecule has 3 rings (SSSR count). The smallest absolute Gasteiger partial charge is 0.246 e. The minimum Gasteiger partial charge on any atom is -0.343 e. The van der Waals surface area contributed by atoms with Crippen LogP contribution in [0.2, 0.25) is 10.0 Å². The summed E-state index contributed by atoms with van der Waals surface area (Å²) in [5, 5.41) is 0.244. The van der Waals surface area contributed by atoms with Crippen LogP contribution in [0.5, 0.6) is 0 Å². The zero-order chi connectivity index (χ0) is 20.5. The molecule has 0 atom stereocenters. The molecule has 2 fully saturated rings. The fraction of sp³-hybridized carbons (Fsp3) is 0.650. The van der Waals surface area contributed by atoms with Crippen molar-refractivity contribution in [2.75, 3.05) is 20.1 Å². The lowest BCUT2D eigenvalue weighted by atomic mass is 9.86. The summed E-state index contributed by atoms with van der Waals surface area (Å²) in [5.41, 5.74) is 0. The van der Waals surface area contributed by atoms with Crippen molar-refractivity contribution in [3.63, 3.8) is 0 Å². The Balaban J connectivity index is 1.63. The van der Waals surface area contributed by atoms with Crippen LogP contribution >= 0.6 is 23.2 Å². The number of nitrogens with zero attached hydrogens (tertiary/aromatic N) is 2. The second-order valence-electron chi connectivity index (χ2n) is 8.09. The number of hydrogen-bond donors (Lipinski definition) is 0. The predicted octanol–water partition coefficient (Wildman–Crippen LogP) is 4.43. The van der Waals surface area contributed by atoms with E-state index in [-0.39, 0.29) is 26.8 Å². The van der Waals surface area contributed by atoms with Crippen LogP contribution in [0, 0.1) is 11.8 Å². The highest BCUT2D eigenvalue weighted by Crippen LogP contribution is 2.34. The fourth-order valence-corrected chi connectivity index (χ4v) is 6.86. The second-order valence-corrected chi connectivity index (χ2v) is 10.8. The van der Waals surface area contributed by atoms with E-state index in [0.29, 0.717) is 32.0 Å². The third kappa shape index (κ3) is 4.50. The van der Waals surface area contributed by atoms with Crippen LogP contribution in [0.25, 0.3) is 0 Å². The molecule has 8 heteroatoms. The zero-order valence-corrected chi connectivity index (χ0v) is 18.7. The van der Waals surface area contributed by atoms with E-state index in [0.717, 1.165) is 31.6 Å². The molecule has 1 saturated carbocycles. The molecule has 1 saturated heterocycles. The summed E-state index contributed by atoms with van der Waals surface area (Å²) in [6.07, 6.45) is 5.49. The van der Waals surface area contributed by atoms with Crippen LogP contribution in [0.4, 0.5) is 0 Å². The molecule has 5 nitrogen and oxygen atoms in total. The number of piperidine rings is 1. The normalized spacial score (nSPS) is 24.9. The van der Waals surface area contributed by atoms with Gasteiger partial charge in [-0.15, -0.1) is 0 Å². The van der Waals surface area contributed by atoms with Gasteiger partial charge in [-0.3, -0.25) is 4.79 Å². The van der Waals surface area contributed by atoms with Crippen molar-refractivity contribution in [3.05, 3.63) is 28.2 Å². The summed E-state index contributed by atoms with van der Waals surface area (Å²) in [6, 6.07) is 4.98. The Hall–Kier alpha value is -0.820. The molecule has 0 aromatic heterocycles. The van der Waals surface area contributed by atoms with Gasteiger partial charge in [0, 0.05) is 32.1 Å². The molecule has 156 valence electrons. The van der Waals surface area contributed by atoms with Crippen LogP contribution < -0.4 is 0 Å². The number of carbonyl (C=O) groups excluding carboxylic acids is 1. The molecule has 1 heterocycles. The van der Waals surface area contributed by atoms with E-state index in [1.54, 1.807) is 6.07 Å². The molecule has 0 unspecified atom stereocenters. The first-order valence-corrected chi connectivity index (χ1v) is 12.1. The highest BCUT2D eigenvalue weighted by Gasteiger charge is 2.36. The monoisotopic (exact) mass is 446 g/mol. The van der Waals surface area contributed by atoms with Gasteiger partial charge in [0.05, 0.1) is 10.0 Å². The maximum absolute atomic E-state index is 13.0. The maximum Gasteiger partial charge on any atom is 0.246 e. The van der Waals surface area contributed by atoms with Gasteiger partial charge in [-0.25, -0.2) is 8.42 Å². The van der Waals surface area contributed by atoms with Crippen LogP contribution in [0.15, 0.2) is 23.1 Å². The highest BCUT2D eigenvalue weighted by atomic mass is 35.5. The van der Waals surface area contributed by atoms with Gasteiger partial charge in [0.2, 0.25) is 15.9 Å². The van der Waals surface area contributed by atoms with Gasteiger partial charge in [0.25, 0.3) is 0 Å². The van der Waals surface area contributed by atoms with Crippen LogP contribution in [0.3, 0.4) is 0 Å². The number of sulfonamides is 1. The van der Waals surface area contributed by atoms with Gasteiger partial charge in [-0.1, -0.05) is 36.2 Å². The van der Waals surface area contributed by atoms with Crippen molar-refractivity contribution in [2.45, 2.75) is 56.4 Å². The number of hydrogen-bond acceptors (Lipinski definition) is 3. The van der Waals surface area contributed by atoms with E-state index in [9.17, 15) is 13.2 Å². The highest BCUT2D eigenvalue weighted by molar-refractivity contribution is 7.89. The summed E-state index contributed by atoms with van der Waals surface area (Å²) < 4.78 is 27.4. The van der Waals surface area contributed by atoms with Crippen molar-refractivity contribution in [2.24, 2.45) is 11.8 Å². The number of amides is 1. The molecule has 2 aliphatic rings. The third-order valence-corrected chi connectivity index (χ3v) is 9.06. The Morgan fingerprint density at radius 1 is 1.04 bits per heavy atom. The first-order valence-electron chi connectivity index (χ1n) is 9.92. The maximum atomic E-state index is 13.0. The van der Waals surface area contributed by atoms with E-state index in [1.165, 1.54) is 16.4 Å². The summed E-state index contributed by atoms with van der Waals surface area (Å²) in [5.74, 6) is 0.759. The molecular formula is C20H28Cl2N2O3S. The van der Waals surface area contributed by atoms with Gasteiger partial charge >= 0.3 is 0 Å². The number of rotatable bonds is 4. The van der Waals surface area contributed by atoms with Crippen molar-refractivity contribution >= 4 is 39.1 Å². The van der Waals surface area contributed by atoms with Gasteiger partial charge in [-0.2, -0.15) is 4.31 Å². The number of carbonyl (C=O) groups is 1. The van der Waals surface area contributed by atoms with E-state index in [1.807, 2.05) is 11.9 Å². The Morgan fingerprint density at radius 2 is 1.57 bits per heavy atom. The first-order chi connectivity index (χ1) is 13.2. The van der Waals surface area contributed by atoms with Crippen molar-refractivity contribution in [3.8, 4) is 0 Å². The van der Waals surface area contributed by atoms with Gasteiger partial charge in [0.15, 0.2) is 0 Å². The molecule has 28 heavy (non-hydrogen) atoms. The van der Waals surface area contributed by atoms with Gasteiger partial charge < -0.3 is 4.90 Å². The van der Waals surface area contributed by atoms with E-state index >= 15 is 0 Å². The van der Waals surface area contributed by atoms with E-state index < -0.39 is 10.0 Å². The van der Waals surface area contributed by atoms with Gasteiger partial charge in [-0.05, 0) is 56.6 Å². The van der Waals surface area contributed by atoms with Crippen molar-refractivity contribution in [1.29, 1.82) is 0 Å². The Bertz CT molecular complexity index is 794. The lowest BCUT2D eigenvalue weighted by Crippen LogP contribution is -2.46. The lowest BCUT2D eigenvalue weighted by Gasteiger charge is -2.37. The quantitative estimate of drug-likeness (QED) is 0.686. The lowest BCUT2D eigenvalue weighted by molar-refractivity contribution is -0.138. The predicted molar refractivity (Wildman–Crippen MR) is 112 cm³/mol. The number of halogens is 2. The van der Waals surface area contributed by atoms with Crippen molar-refractivity contribution in [1.82, 2.24) is 9.21 Å². The van der Waals surface area contributed by atoms with Crippen molar-refractivity contribution < 1.29 is 13.2 Å². The molecular weight excluding hydrogens is 419 g/mol. The largest absolute Gasteiger partial charge is 0.343 e.